The number of benzene rings is 1. The van der Waals surface area contributed by atoms with Crippen LogP contribution in [0.3, 0.4) is 0 Å². The molecule has 2 aliphatic carbocycles. The summed E-state index contributed by atoms with van der Waals surface area (Å²) >= 11 is 0. The van der Waals surface area contributed by atoms with E-state index in [0.29, 0.717) is 24.2 Å². The van der Waals surface area contributed by atoms with Crippen LogP contribution in [0.2, 0.25) is 0 Å². The van der Waals surface area contributed by atoms with Crippen molar-refractivity contribution < 1.29 is 19.1 Å². The lowest BCUT2D eigenvalue weighted by Gasteiger charge is -2.41. The minimum absolute atomic E-state index is 0.00143. The van der Waals surface area contributed by atoms with Crippen LogP contribution in [0.25, 0.3) is 0 Å². The van der Waals surface area contributed by atoms with Gasteiger partial charge in [-0.1, -0.05) is 72.7 Å². The first kappa shape index (κ1) is 22.0. The summed E-state index contributed by atoms with van der Waals surface area (Å²) in [6.07, 6.45) is 1.51. The third-order valence-corrected chi connectivity index (χ3v) is 7.08. The monoisotopic (exact) mass is 422 g/mol. The van der Waals surface area contributed by atoms with Crippen molar-refractivity contribution in [1.82, 2.24) is 0 Å². The quantitative estimate of drug-likeness (QED) is 0.566. The van der Waals surface area contributed by atoms with E-state index < -0.39 is 16.9 Å². The molecular formula is C27H34O4. The van der Waals surface area contributed by atoms with Crippen molar-refractivity contribution in [2.24, 2.45) is 10.8 Å². The Kier molecular flexibility index (Phi) is 4.70. The van der Waals surface area contributed by atoms with E-state index in [9.17, 15) is 14.4 Å². The Bertz CT molecular complexity index is 979. The molecule has 1 atom stereocenters. The highest BCUT2D eigenvalue weighted by Gasteiger charge is 2.65. The van der Waals surface area contributed by atoms with Crippen molar-refractivity contribution in [3.05, 3.63) is 46.7 Å². The molecule has 0 amide bonds. The first-order valence-electron chi connectivity index (χ1n) is 11.3. The normalized spacial score (nSPS) is 26.8. The molecule has 166 valence electrons. The molecule has 1 aliphatic heterocycles. The van der Waals surface area contributed by atoms with E-state index in [1.807, 2.05) is 52.0 Å². The van der Waals surface area contributed by atoms with Crippen LogP contribution >= 0.6 is 0 Å². The van der Waals surface area contributed by atoms with Gasteiger partial charge < -0.3 is 4.74 Å². The smallest absolute Gasteiger partial charge is 0.234 e. The molecule has 3 aliphatic rings. The van der Waals surface area contributed by atoms with Crippen LogP contribution in [0.1, 0.15) is 91.2 Å². The van der Waals surface area contributed by atoms with Gasteiger partial charge in [0.2, 0.25) is 5.60 Å². The van der Waals surface area contributed by atoms with Crippen LogP contribution in [0.15, 0.2) is 35.6 Å². The number of hydrogen-bond acceptors (Lipinski definition) is 4. The summed E-state index contributed by atoms with van der Waals surface area (Å²) in [7, 11) is 0. The maximum atomic E-state index is 13.6. The lowest BCUT2D eigenvalue weighted by molar-refractivity contribution is -0.160. The zero-order chi connectivity index (χ0) is 23.0. The van der Waals surface area contributed by atoms with Gasteiger partial charge in [-0.25, -0.2) is 0 Å². The second-order valence-electron chi connectivity index (χ2n) is 12.3. The zero-order valence-corrected chi connectivity index (χ0v) is 19.8. The van der Waals surface area contributed by atoms with Gasteiger partial charge in [0.05, 0.1) is 5.92 Å². The van der Waals surface area contributed by atoms with Crippen LogP contribution in [-0.4, -0.2) is 23.0 Å². The van der Waals surface area contributed by atoms with Crippen molar-refractivity contribution in [2.45, 2.75) is 91.1 Å². The van der Waals surface area contributed by atoms with E-state index in [4.69, 9.17) is 4.74 Å². The van der Waals surface area contributed by atoms with Crippen molar-refractivity contribution in [2.75, 3.05) is 0 Å². The molecule has 0 saturated heterocycles. The molecule has 4 nitrogen and oxygen atoms in total. The van der Waals surface area contributed by atoms with Gasteiger partial charge in [-0.05, 0) is 27.4 Å². The maximum Gasteiger partial charge on any atom is 0.234 e. The predicted molar refractivity (Wildman–Crippen MR) is 120 cm³/mol. The summed E-state index contributed by atoms with van der Waals surface area (Å²) in [5.74, 6) is -0.500. The van der Waals surface area contributed by atoms with E-state index in [-0.39, 0.29) is 41.0 Å². The van der Waals surface area contributed by atoms with Gasteiger partial charge in [0.15, 0.2) is 17.3 Å². The van der Waals surface area contributed by atoms with E-state index in [1.165, 1.54) is 0 Å². The summed E-state index contributed by atoms with van der Waals surface area (Å²) < 4.78 is 6.34. The fourth-order valence-electron chi connectivity index (χ4n) is 5.51. The highest BCUT2D eigenvalue weighted by atomic mass is 16.5. The molecule has 0 bridgehead atoms. The number of ether oxygens (including phenoxy) is 1. The minimum Gasteiger partial charge on any atom is -0.474 e. The minimum atomic E-state index is -1.60. The fraction of sp³-hybridized carbons (Fsp3) is 0.593. The first-order valence-corrected chi connectivity index (χ1v) is 11.3. The maximum absolute atomic E-state index is 13.6. The highest BCUT2D eigenvalue weighted by molar-refractivity contribution is 6.17. The molecule has 1 aromatic rings. The zero-order valence-electron chi connectivity index (χ0n) is 19.8. The third-order valence-electron chi connectivity index (χ3n) is 7.08. The molecule has 1 heterocycles. The number of ketones is 3. The lowest BCUT2D eigenvalue weighted by Crippen LogP contribution is -2.57. The number of carbonyl (C=O) groups is 3. The number of hydrogen-bond donors (Lipinski definition) is 0. The summed E-state index contributed by atoms with van der Waals surface area (Å²) in [5, 5.41) is 0. The Labute approximate surface area is 185 Å². The molecule has 4 heteroatoms. The Morgan fingerprint density at radius 3 is 1.84 bits per heavy atom. The van der Waals surface area contributed by atoms with Crippen LogP contribution in [0, 0.1) is 10.8 Å². The number of rotatable bonds is 1. The summed E-state index contributed by atoms with van der Waals surface area (Å²) in [6, 6.07) is 8.03. The average molecular weight is 423 g/mol. The van der Waals surface area contributed by atoms with Crippen molar-refractivity contribution >= 4 is 17.3 Å². The van der Waals surface area contributed by atoms with Gasteiger partial charge in [-0.3, -0.25) is 14.4 Å². The van der Waals surface area contributed by atoms with Crippen LogP contribution in [0.4, 0.5) is 0 Å². The largest absolute Gasteiger partial charge is 0.474 e. The second kappa shape index (κ2) is 6.63. The lowest BCUT2D eigenvalue weighted by atomic mass is 9.61. The average Bonchev–Trinajstić information content (AvgIpc) is 2.94. The summed E-state index contributed by atoms with van der Waals surface area (Å²) in [5.41, 5.74) is 0.267. The molecule has 4 rings (SSSR count). The molecule has 31 heavy (non-hydrogen) atoms. The van der Waals surface area contributed by atoms with Gasteiger partial charge in [0, 0.05) is 31.3 Å². The van der Waals surface area contributed by atoms with E-state index in [0.717, 1.165) is 11.1 Å². The van der Waals surface area contributed by atoms with Crippen molar-refractivity contribution in [1.29, 1.82) is 0 Å². The Morgan fingerprint density at radius 2 is 1.32 bits per heavy atom. The number of carbonyl (C=O) groups excluding carboxylic acids is 3. The SMILES string of the molecule is CC1(C)CC(=O)C2(OC3=C(C(=O)CC(C)(C)C3)C2c2ccc(C(C)(C)C)cc2)C(=O)C1. The van der Waals surface area contributed by atoms with Crippen molar-refractivity contribution in [3.8, 4) is 0 Å². The summed E-state index contributed by atoms with van der Waals surface area (Å²) in [6.45, 7) is 14.4. The topological polar surface area (TPSA) is 60.4 Å². The number of Topliss-reactive ketones (excluding diaryl/α,β-unsaturated/α-hetero) is 3. The van der Waals surface area contributed by atoms with E-state index in [1.54, 1.807) is 0 Å². The van der Waals surface area contributed by atoms with E-state index in [2.05, 4.69) is 20.8 Å². The molecule has 1 aromatic carbocycles. The summed E-state index contributed by atoms with van der Waals surface area (Å²) in [4.78, 5) is 40.5. The highest BCUT2D eigenvalue weighted by Crippen LogP contribution is 2.57. The Morgan fingerprint density at radius 1 is 0.806 bits per heavy atom. The first-order chi connectivity index (χ1) is 14.2. The molecular weight excluding hydrogens is 388 g/mol. The molecule has 0 aromatic heterocycles. The molecule has 1 unspecified atom stereocenters. The third kappa shape index (κ3) is 3.48. The van der Waals surface area contributed by atoms with Gasteiger partial charge in [0.1, 0.15) is 5.76 Å². The predicted octanol–water partition coefficient (Wildman–Crippen LogP) is 5.44. The molecule has 1 saturated carbocycles. The van der Waals surface area contributed by atoms with Crippen LogP contribution in [-0.2, 0) is 24.5 Å². The molecule has 1 spiro atoms. The molecule has 0 radical (unpaired) electrons. The van der Waals surface area contributed by atoms with Gasteiger partial charge >= 0.3 is 0 Å². The molecule has 1 fully saturated rings. The fourth-order valence-corrected chi connectivity index (χ4v) is 5.51. The van der Waals surface area contributed by atoms with E-state index >= 15 is 0 Å². The second-order valence-corrected chi connectivity index (χ2v) is 12.3. The standard InChI is InChI=1S/C27H34O4/c1-24(2,3)17-10-8-16(9-11-17)23-22-18(28)12-25(4,5)13-19(22)31-27(23)20(29)14-26(6,7)15-21(27)30/h8-11,23H,12-15H2,1-7H3. The Balaban J connectivity index is 1.88. The molecule has 0 N–H and O–H groups in total. The van der Waals surface area contributed by atoms with Gasteiger partial charge in [0.25, 0.3) is 0 Å². The van der Waals surface area contributed by atoms with Crippen LogP contribution in [0.5, 0.6) is 0 Å². The van der Waals surface area contributed by atoms with Crippen molar-refractivity contribution in [3.63, 3.8) is 0 Å². The van der Waals surface area contributed by atoms with Crippen LogP contribution < -0.4 is 0 Å². The van der Waals surface area contributed by atoms with Gasteiger partial charge in [-0.2, -0.15) is 0 Å². The number of allylic oxidation sites excluding steroid dienone is 1. The Hall–Kier alpha value is -2.23. The van der Waals surface area contributed by atoms with Gasteiger partial charge in [-0.15, -0.1) is 0 Å².